The number of carbonyl (C=O) groups is 1. The summed E-state index contributed by atoms with van der Waals surface area (Å²) in [7, 11) is 0. The zero-order valence-corrected chi connectivity index (χ0v) is 14.4. The monoisotopic (exact) mass is 346 g/mol. The average molecular weight is 347 g/mol. The molecule has 3 nitrogen and oxygen atoms in total. The van der Waals surface area contributed by atoms with Crippen molar-refractivity contribution >= 4 is 40.3 Å². The first-order valence-electron chi connectivity index (χ1n) is 6.66. The minimum Gasteiger partial charge on any atom is -0.347 e. The van der Waals surface area contributed by atoms with E-state index >= 15 is 0 Å². The maximum Gasteiger partial charge on any atom is 0.263 e. The number of amides is 1. The van der Waals surface area contributed by atoms with Crippen molar-refractivity contribution in [3.63, 3.8) is 0 Å². The highest BCUT2D eigenvalue weighted by atomic mass is 32.2. The van der Waals surface area contributed by atoms with Gasteiger partial charge in [-0.15, -0.1) is 23.1 Å². The number of aromatic nitrogens is 1. The van der Waals surface area contributed by atoms with Crippen molar-refractivity contribution in [2.45, 2.75) is 11.4 Å². The molecule has 2 heterocycles. The van der Waals surface area contributed by atoms with Crippen LogP contribution in [0.5, 0.6) is 0 Å². The van der Waals surface area contributed by atoms with Crippen LogP contribution in [-0.4, -0.2) is 17.1 Å². The summed E-state index contributed by atoms with van der Waals surface area (Å²) in [6.07, 6.45) is 3.69. The highest BCUT2D eigenvalue weighted by molar-refractivity contribution is 7.98. The van der Waals surface area contributed by atoms with Gasteiger partial charge in [-0.3, -0.25) is 4.79 Å². The fourth-order valence-corrected chi connectivity index (χ4v) is 3.86. The van der Waals surface area contributed by atoms with Crippen LogP contribution in [0.25, 0.3) is 10.6 Å². The predicted octanol–water partition coefficient (Wildman–Crippen LogP) is 4.52. The number of thiazole rings is 1. The number of thioether (sulfide) groups is 1. The molecular weight excluding hydrogens is 332 g/mol. The Bertz CT molecular complexity index is 748. The largest absolute Gasteiger partial charge is 0.347 e. The maximum atomic E-state index is 12.2. The van der Waals surface area contributed by atoms with E-state index in [1.165, 1.54) is 16.2 Å². The molecule has 0 bridgehead atoms. The molecule has 1 amide bonds. The summed E-state index contributed by atoms with van der Waals surface area (Å²) in [4.78, 5) is 18.4. The van der Waals surface area contributed by atoms with E-state index in [-0.39, 0.29) is 5.91 Å². The number of carbonyl (C=O) groups excluding carboxylic acids is 1. The molecule has 22 heavy (non-hydrogen) atoms. The lowest BCUT2D eigenvalue weighted by atomic mass is 10.2. The zero-order chi connectivity index (χ0) is 15.4. The van der Waals surface area contributed by atoms with Crippen LogP contribution in [0.4, 0.5) is 0 Å². The summed E-state index contributed by atoms with van der Waals surface area (Å²) < 4.78 is 0. The second-order valence-corrected chi connectivity index (χ2v) is 7.26. The standard InChI is InChI=1S/C16H14N2OS3/c1-20-13-4-2-11(3-5-13)8-17-15(19)14-9-18-16(22-14)12-6-7-21-10-12/h2-7,9-10H,8H2,1H3,(H,17,19). The van der Waals surface area contributed by atoms with Gasteiger partial charge in [0, 0.05) is 22.4 Å². The van der Waals surface area contributed by atoms with Gasteiger partial charge >= 0.3 is 0 Å². The predicted molar refractivity (Wildman–Crippen MR) is 94.8 cm³/mol. The molecule has 0 saturated carbocycles. The third-order valence-corrected chi connectivity index (χ3v) is 5.58. The minimum atomic E-state index is -0.0760. The summed E-state index contributed by atoms with van der Waals surface area (Å²) in [6.45, 7) is 0.527. The third kappa shape index (κ3) is 3.58. The molecule has 0 saturated heterocycles. The molecule has 0 aliphatic heterocycles. The van der Waals surface area contributed by atoms with Crippen molar-refractivity contribution < 1.29 is 4.79 Å². The van der Waals surface area contributed by atoms with E-state index in [2.05, 4.69) is 22.4 Å². The van der Waals surface area contributed by atoms with Gasteiger partial charge in [0.1, 0.15) is 9.88 Å². The van der Waals surface area contributed by atoms with Crippen molar-refractivity contribution in [3.05, 3.63) is 57.7 Å². The van der Waals surface area contributed by atoms with E-state index in [1.807, 2.05) is 35.2 Å². The van der Waals surface area contributed by atoms with Crippen LogP contribution < -0.4 is 5.32 Å². The molecule has 112 valence electrons. The van der Waals surface area contributed by atoms with Crippen molar-refractivity contribution in [1.82, 2.24) is 10.3 Å². The first kappa shape index (κ1) is 15.3. The summed E-state index contributed by atoms with van der Waals surface area (Å²) >= 11 is 4.75. The topological polar surface area (TPSA) is 42.0 Å². The van der Waals surface area contributed by atoms with E-state index in [4.69, 9.17) is 0 Å². The molecular formula is C16H14N2OS3. The maximum absolute atomic E-state index is 12.2. The summed E-state index contributed by atoms with van der Waals surface area (Å²) in [5.74, 6) is -0.0760. The van der Waals surface area contributed by atoms with Crippen LogP contribution in [0.15, 0.2) is 52.2 Å². The van der Waals surface area contributed by atoms with Gasteiger partial charge in [0.05, 0.1) is 6.20 Å². The highest BCUT2D eigenvalue weighted by Gasteiger charge is 2.11. The van der Waals surface area contributed by atoms with E-state index in [0.717, 1.165) is 16.1 Å². The molecule has 0 radical (unpaired) electrons. The fourth-order valence-electron chi connectivity index (χ4n) is 1.91. The minimum absolute atomic E-state index is 0.0760. The second kappa shape index (κ2) is 7.09. The van der Waals surface area contributed by atoms with Gasteiger partial charge in [0.15, 0.2) is 0 Å². The average Bonchev–Trinajstić information content (AvgIpc) is 3.23. The van der Waals surface area contributed by atoms with Crippen LogP contribution >= 0.6 is 34.4 Å². The van der Waals surface area contributed by atoms with Crippen LogP contribution in [0.2, 0.25) is 0 Å². The number of benzene rings is 1. The van der Waals surface area contributed by atoms with Gasteiger partial charge in [-0.2, -0.15) is 11.3 Å². The quantitative estimate of drug-likeness (QED) is 0.691. The Kier molecular flexibility index (Phi) is 4.92. The molecule has 0 aliphatic rings. The lowest BCUT2D eigenvalue weighted by Crippen LogP contribution is -2.21. The van der Waals surface area contributed by atoms with Crippen molar-refractivity contribution in [2.75, 3.05) is 6.26 Å². The van der Waals surface area contributed by atoms with Crippen LogP contribution in [-0.2, 0) is 6.54 Å². The molecule has 0 fully saturated rings. The van der Waals surface area contributed by atoms with Gasteiger partial charge in [0.25, 0.3) is 5.91 Å². The Morgan fingerprint density at radius 3 is 2.77 bits per heavy atom. The van der Waals surface area contributed by atoms with E-state index in [0.29, 0.717) is 11.4 Å². The second-order valence-electron chi connectivity index (χ2n) is 4.57. The van der Waals surface area contributed by atoms with E-state index < -0.39 is 0 Å². The fraction of sp³-hybridized carbons (Fsp3) is 0.125. The number of thiophene rings is 1. The van der Waals surface area contributed by atoms with Crippen LogP contribution in [0, 0.1) is 0 Å². The molecule has 1 N–H and O–H groups in total. The number of hydrogen-bond acceptors (Lipinski definition) is 5. The molecule has 1 aromatic carbocycles. The highest BCUT2D eigenvalue weighted by Crippen LogP contribution is 2.26. The van der Waals surface area contributed by atoms with Crippen molar-refractivity contribution in [2.24, 2.45) is 0 Å². The lowest BCUT2D eigenvalue weighted by molar-refractivity contribution is 0.0955. The van der Waals surface area contributed by atoms with Crippen LogP contribution in [0.1, 0.15) is 15.2 Å². The Hall–Kier alpha value is -1.63. The molecule has 0 aliphatic carbocycles. The molecule has 6 heteroatoms. The SMILES string of the molecule is CSc1ccc(CNC(=O)c2cnc(-c3ccsc3)s2)cc1. The van der Waals surface area contributed by atoms with Gasteiger partial charge in [0.2, 0.25) is 0 Å². The number of nitrogens with one attached hydrogen (secondary N) is 1. The molecule has 3 aromatic rings. The van der Waals surface area contributed by atoms with Gasteiger partial charge in [-0.05, 0) is 35.4 Å². The van der Waals surface area contributed by atoms with E-state index in [1.54, 1.807) is 29.3 Å². The van der Waals surface area contributed by atoms with Crippen molar-refractivity contribution in [1.29, 1.82) is 0 Å². The Labute approximate surface area is 141 Å². The number of nitrogens with zero attached hydrogens (tertiary/aromatic N) is 1. The zero-order valence-electron chi connectivity index (χ0n) is 11.9. The van der Waals surface area contributed by atoms with Crippen LogP contribution in [0.3, 0.4) is 0 Å². The van der Waals surface area contributed by atoms with Gasteiger partial charge in [-0.25, -0.2) is 4.98 Å². The van der Waals surface area contributed by atoms with Gasteiger partial charge < -0.3 is 5.32 Å². The first-order valence-corrected chi connectivity index (χ1v) is 9.64. The Morgan fingerprint density at radius 1 is 1.27 bits per heavy atom. The van der Waals surface area contributed by atoms with Gasteiger partial charge in [-0.1, -0.05) is 12.1 Å². The Balaban J connectivity index is 1.62. The number of rotatable bonds is 5. The summed E-state index contributed by atoms with van der Waals surface area (Å²) in [5.41, 5.74) is 2.16. The normalized spacial score (nSPS) is 10.6. The van der Waals surface area contributed by atoms with E-state index in [9.17, 15) is 4.79 Å². The lowest BCUT2D eigenvalue weighted by Gasteiger charge is -2.04. The number of hydrogen-bond donors (Lipinski definition) is 1. The molecule has 0 atom stereocenters. The first-order chi connectivity index (χ1) is 10.8. The summed E-state index contributed by atoms with van der Waals surface area (Å²) in [6, 6.07) is 10.2. The van der Waals surface area contributed by atoms with Crippen molar-refractivity contribution in [3.8, 4) is 10.6 Å². The summed E-state index contributed by atoms with van der Waals surface area (Å²) in [5, 5.41) is 7.87. The molecule has 0 unspecified atom stereocenters. The smallest absolute Gasteiger partial charge is 0.263 e. The molecule has 2 aromatic heterocycles. The Morgan fingerprint density at radius 2 is 2.09 bits per heavy atom. The molecule has 3 rings (SSSR count). The third-order valence-electron chi connectivity index (χ3n) is 3.11. The molecule has 0 spiro atoms.